The second-order valence-electron chi connectivity index (χ2n) is 12.1. The molecule has 0 unspecified atom stereocenters. The Morgan fingerprint density at radius 1 is 0.959 bits per heavy atom. The lowest BCUT2D eigenvalue weighted by Gasteiger charge is -2.43. The van der Waals surface area contributed by atoms with E-state index in [1.54, 1.807) is 37.7 Å². The van der Waals surface area contributed by atoms with Gasteiger partial charge in [0.15, 0.2) is 0 Å². The molecule has 2 aromatic carbocycles. The zero-order valence-corrected chi connectivity index (χ0v) is 28.6. The van der Waals surface area contributed by atoms with Crippen LogP contribution in [-0.4, -0.2) is 90.1 Å². The molecule has 1 amide bonds. The molecule has 0 radical (unpaired) electrons. The number of pyridine rings is 1. The van der Waals surface area contributed by atoms with Crippen molar-refractivity contribution in [3.8, 4) is 11.5 Å². The second kappa shape index (κ2) is 16.0. The number of aromatic nitrogens is 3. The number of anilines is 6. The van der Waals surface area contributed by atoms with Gasteiger partial charge in [-0.15, -0.1) is 0 Å². The molecule has 13 heteroatoms. The van der Waals surface area contributed by atoms with Gasteiger partial charge in [0.1, 0.15) is 23.9 Å². The SMILES string of the molecule is C=CC(=O)Nc1cc(Nc2nccc(Nc3ccc(OCc4ccccn4)c(Cl)c3)n2)c(OC)cc1N1CCC(N2CCN(C)CC2)CC1. The number of hydrogen-bond donors (Lipinski definition) is 3. The van der Waals surface area contributed by atoms with Gasteiger partial charge in [0.2, 0.25) is 11.9 Å². The number of carbonyl (C=O) groups is 1. The number of hydrogen-bond acceptors (Lipinski definition) is 11. The molecule has 0 spiro atoms. The van der Waals surface area contributed by atoms with E-state index in [0.29, 0.717) is 52.3 Å². The van der Waals surface area contributed by atoms with E-state index in [9.17, 15) is 4.79 Å². The first kappa shape index (κ1) is 34.0. The van der Waals surface area contributed by atoms with Crippen LogP contribution >= 0.6 is 11.6 Å². The molecule has 2 aliphatic heterocycles. The Morgan fingerprint density at radius 2 is 1.78 bits per heavy atom. The van der Waals surface area contributed by atoms with E-state index >= 15 is 0 Å². The fraction of sp³-hybridized carbons (Fsp3) is 0.333. The lowest BCUT2D eigenvalue weighted by molar-refractivity contribution is -0.111. The van der Waals surface area contributed by atoms with Crippen LogP contribution < -0.4 is 30.3 Å². The highest BCUT2D eigenvalue weighted by atomic mass is 35.5. The number of ether oxygens (including phenoxy) is 2. The van der Waals surface area contributed by atoms with E-state index in [-0.39, 0.29) is 5.91 Å². The van der Waals surface area contributed by atoms with Crippen LogP contribution in [0.4, 0.5) is 34.5 Å². The highest BCUT2D eigenvalue weighted by molar-refractivity contribution is 6.32. The molecule has 3 N–H and O–H groups in total. The van der Waals surface area contributed by atoms with Crippen LogP contribution in [0.3, 0.4) is 0 Å². The van der Waals surface area contributed by atoms with Gasteiger partial charge >= 0.3 is 0 Å². The summed E-state index contributed by atoms with van der Waals surface area (Å²) in [6, 6.07) is 17.2. The summed E-state index contributed by atoms with van der Waals surface area (Å²) in [6.45, 7) is 10.1. The normalized spacial score (nSPS) is 15.8. The maximum absolute atomic E-state index is 12.5. The molecule has 2 saturated heterocycles. The number of halogens is 1. The van der Waals surface area contributed by atoms with Crippen LogP contribution in [0.5, 0.6) is 11.5 Å². The van der Waals surface area contributed by atoms with Crippen LogP contribution in [-0.2, 0) is 11.4 Å². The third-order valence-electron chi connectivity index (χ3n) is 8.83. The maximum atomic E-state index is 12.5. The Kier molecular flexibility index (Phi) is 11.1. The Bertz CT molecular complexity index is 1740. The maximum Gasteiger partial charge on any atom is 0.247 e. The molecule has 2 aromatic heterocycles. The van der Waals surface area contributed by atoms with Crippen LogP contribution in [0.1, 0.15) is 18.5 Å². The Morgan fingerprint density at radius 3 is 2.49 bits per heavy atom. The first-order valence-electron chi connectivity index (χ1n) is 16.4. The van der Waals surface area contributed by atoms with Crippen molar-refractivity contribution in [2.45, 2.75) is 25.5 Å². The van der Waals surface area contributed by atoms with Crippen LogP contribution in [0.25, 0.3) is 0 Å². The third-order valence-corrected chi connectivity index (χ3v) is 9.12. The van der Waals surface area contributed by atoms with Crippen molar-refractivity contribution >= 4 is 52.0 Å². The zero-order chi connectivity index (χ0) is 34.2. The Hall–Kier alpha value is -4.91. The van der Waals surface area contributed by atoms with E-state index < -0.39 is 0 Å². The summed E-state index contributed by atoms with van der Waals surface area (Å²) in [5.74, 6) is 1.75. The monoisotopic (exact) mass is 683 g/mol. The van der Waals surface area contributed by atoms with Gasteiger partial charge in [0.05, 0.1) is 34.9 Å². The minimum atomic E-state index is -0.293. The number of piperidine rings is 1. The van der Waals surface area contributed by atoms with Gasteiger partial charge in [-0.05, 0) is 68.4 Å². The molecule has 4 heterocycles. The van der Waals surface area contributed by atoms with Crippen molar-refractivity contribution in [3.05, 3.63) is 90.4 Å². The largest absolute Gasteiger partial charge is 0.494 e. The smallest absolute Gasteiger partial charge is 0.247 e. The lowest BCUT2D eigenvalue weighted by atomic mass is 10.0. The highest BCUT2D eigenvalue weighted by Crippen LogP contribution is 2.40. The van der Waals surface area contributed by atoms with Crippen LogP contribution in [0, 0.1) is 0 Å². The van der Waals surface area contributed by atoms with E-state index in [4.69, 9.17) is 21.1 Å². The number of nitrogens with zero attached hydrogens (tertiary/aromatic N) is 6. The number of carbonyl (C=O) groups excluding carboxylic acids is 1. The van der Waals surface area contributed by atoms with Crippen LogP contribution in [0.2, 0.25) is 5.02 Å². The molecule has 0 atom stereocenters. The van der Waals surface area contributed by atoms with Crippen molar-refractivity contribution in [2.24, 2.45) is 0 Å². The average molecular weight is 684 g/mol. The van der Waals surface area contributed by atoms with Gasteiger partial charge in [-0.3, -0.25) is 14.7 Å². The Balaban J connectivity index is 1.15. The first-order chi connectivity index (χ1) is 23.9. The summed E-state index contributed by atoms with van der Waals surface area (Å²) >= 11 is 6.52. The summed E-state index contributed by atoms with van der Waals surface area (Å²) in [5.41, 5.74) is 3.69. The van der Waals surface area contributed by atoms with Crippen molar-refractivity contribution in [2.75, 3.05) is 74.3 Å². The van der Waals surface area contributed by atoms with Gasteiger partial charge in [-0.1, -0.05) is 24.2 Å². The minimum absolute atomic E-state index is 0.293. The summed E-state index contributed by atoms with van der Waals surface area (Å²) < 4.78 is 11.7. The predicted octanol–water partition coefficient (Wildman–Crippen LogP) is 5.94. The summed E-state index contributed by atoms with van der Waals surface area (Å²) in [4.78, 5) is 33.2. The van der Waals surface area contributed by atoms with Crippen molar-refractivity contribution < 1.29 is 14.3 Å². The van der Waals surface area contributed by atoms with E-state index in [2.05, 4.69) is 59.2 Å². The fourth-order valence-corrected chi connectivity index (χ4v) is 6.36. The van der Waals surface area contributed by atoms with Crippen molar-refractivity contribution in [1.29, 1.82) is 0 Å². The quantitative estimate of drug-likeness (QED) is 0.154. The highest BCUT2D eigenvalue weighted by Gasteiger charge is 2.28. The number of nitrogens with one attached hydrogen (secondary N) is 3. The number of piperazine rings is 1. The summed E-state index contributed by atoms with van der Waals surface area (Å²) in [5, 5.41) is 10.00. The number of likely N-dealkylation sites (N-methyl/N-ethyl adjacent to an activating group) is 1. The molecule has 4 aromatic rings. The summed E-state index contributed by atoms with van der Waals surface area (Å²) in [6.07, 6.45) is 6.75. The Labute approximate surface area is 292 Å². The zero-order valence-electron chi connectivity index (χ0n) is 27.9. The van der Waals surface area contributed by atoms with Crippen molar-refractivity contribution in [3.63, 3.8) is 0 Å². The van der Waals surface area contributed by atoms with Crippen molar-refractivity contribution in [1.82, 2.24) is 24.8 Å². The van der Waals surface area contributed by atoms with Gasteiger partial charge in [0, 0.05) is 69.5 Å². The first-order valence-corrected chi connectivity index (χ1v) is 16.8. The van der Waals surface area contributed by atoms with E-state index in [0.717, 1.165) is 69.2 Å². The molecular weight excluding hydrogens is 642 g/mol. The van der Waals surface area contributed by atoms with Crippen LogP contribution in [0.15, 0.2) is 79.6 Å². The van der Waals surface area contributed by atoms with Gasteiger partial charge in [-0.2, -0.15) is 4.98 Å². The molecule has 49 heavy (non-hydrogen) atoms. The second-order valence-corrected chi connectivity index (χ2v) is 12.5. The average Bonchev–Trinajstić information content (AvgIpc) is 3.12. The van der Waals surface area contributed by atoms with E-state index in [1.807, 2.05) is 36.4 Å². The molecule has 2 fully saturated rings. The predicted molar refractivity (Wildman–Crippen MR) is 195 cm³/mol. The number of amides is 1. The molecule has 6 rings (SSSR count). The minimum Gasteiger partial charge on any atom is -0.494 e. The molecule has 0 bridgehead atoms. The molecule has 0 saturated carbocycles. The molecule has 2 aliphatic rings. The molecule has 0 aliphatic carbocycles. The molecule has 12 nitrogen and oxygen atoms in total. The molecule has 256 valence electrons. The standard InChI is InChI=1S/C36H42ClN9O3/c1-4-35(47)41-29-22-30(33(48-3)23-31(29)46-15-11-27(12-16-46)45-19-17-44(2)18-20-45)42-36-39-14-10-34(43-36)40-25-8-9-32(28(37)21-25)49-24-26-7-5-6-13-38-26/h4-10,13-14,21-23,27H,1,11-12,15-20,24H2,2-3H3,(H,41,47)(H2,39,40,42,43). The lowest BCUT2D eigenvalue weighted by Crippen LogP contribution is -2.52. The fourth-order valence-electron chi connectivity index (χ4n) is 6.13. The number of rotatable bonds is 12. The molecular formula is C36H42ClN9O3. The summed E-state index contributed by atoms with van der Waals surface area (Å²) in [7, 11) is 3.81. The van der Waals surface area contributed by atoms with Gasteiger partial charge < -0.3 is 35.2 Å². The van der Waals surface area contributed by atoms with E-state index in [1.165, 1.54) is 6.08 Å². The van der Waals surface area contributed by atoms with Gasteiger partial charge in [-0.25, -0.2) is 4.98 Å². The van der Waals surface area contributed by atoms with Gasteiger partial charge in [0.25, 0.3) is 0 Å². The topological polar surface area (TPSA) is 120 Å². The number of benzene rings is 2. The third kappa shape index (κ3) is 8.77. The number of methoxy groups -OCH3 is 1.